The predicted molar refractivity (Wildman–Crippen MR) is 68.7 cm³/mol. The molecule has 1 aromatic carbocycles. The van der Waals surface area contributed by atoms with Gasteiger partial charge in [0.05, 0.1) is 17.3 Å². The number of anilines is 1. The molecule has 0 spiro atoms. The number of rotatable bonds is 1. The standard InChI is InChI=1S/C12H15N3O2S/c1-9(2)15-6-5-14-11-4-3-10(8-13)7-12(11)18(15,16)17/h3-4,7,9,14H,5-6H2,1-2H3. The van der Waals surface area contributed by atoms with Crippen LogP contribution in [0.15, 0.2) is 23.1 Å². The number of fused-ring (bicyclic) bond motifs is 1. The molecule has 0 radical (unpaired) electrons. The van der Waals surface area contributed by atoms with Crippen molar-refractivity contribution < 1.29 is 8.42 Å². The molecule has 1 aliphatic rings. The summed E-state index contributed by atoms with van der Waals surface area (Å²) >= 11 is 0. The van der Waals surface area contributed by atoms with E-state index in [9.17, 15) is 8.42 Å². The molecule has 0 aliphatic carbocycles. The first-order valence-electron chi connectivity index (χ1n) is 5.76. The van der Waals surface area contributed by atoms with Gasteiger partial charge in [-0.1, -0.05) is 0 Å². The van der Waals surface area contributed by atoms with Crippen molar-refractivity contribution in [3.05, 3.63) is 23.8 Å². The lowest BCUT2D eigenvalue weighted by molar-refractivity contribution is 0.367. The van der Waals surface area contributed by atoms with E-state index in [0.717, 1.165) is 0 Å². The first-order valence-corrected chi connectivity index (χ1v) is 7.20. The fourth-order valence-corrected chi connectivity index (χ4v) is 3.87. The number of sulfonamides is 1. The molecule has 1 aromatic rings. The minimum Gasteiger partial charge on any atom is -0.383 e. The highest BCUT2D eigenvalue weighted by Crippen LogP contribution is 2.29. The summed E-state index contributed by atoms with van der Waals surface area (Å²) < 4.78 is 26.5. The van der Waals surface area contributed by atoms with Crippen molar-refractivity contribution in [1.29, 1.82) is 5.26 Å². The molecule has 5 nitrogen and oxygen atoms in total. The first kappa shape index (κ1) is 12.9. The third-order valence-corrected chi connectivity index (χ3v) is 5.04. The quantitative estimate of drug-likeness (QED) is 0.832. The van der Waals surface area contributed by atoms with E-state index < -0.39 is 10.0 Å². The topological polar surface area (TPSA) is 73.2 Å². The molecule has 96 valence electrons. The van der Waals surface area contributed by atoms with Crippen molar-refractivity contribution in [3.63, 3.8) is 0 Å². The predicted octanol–water partition coefficient (Wildman–Crippen LogP) is 1.38. The summed E-state index contributed by atoms with van der Waals surface area (Å²) in [5.74, 6) is 0. The number of nitriles is 1. The summed E-state index contributed by atoms with van der Waals surface area (Å²) in [5.41, 5.74) is 0.918. The normalized spacial score (nSPS) is 18.6. The van der Waals surface area contributed by atoms with E-state index in [1.807, 2.05) is 19.9 Å². The van der Waals surface area contributed by atoms with E-state index in [1.165, 1.54) is 10.4 Å². The second kappa shape index (κ2) is 4.59. The molecule has 1 N–H and O–H groups in total. The van der Waals surface area contributed by atoms with Crippen molar-refractivity contribution >= 4 is 15.7 Å². The highest BCUT2D eigenvalue weighted by atomic mass is 32.2. The van der Waals surface area contributed by atoms with Gasteiger partial charge in [-0.05, 0) is 32.0 Å². The van der Waals surface area contributed by atoms with Gasteiger partial charge in [0.25, 0.3) is 0 Å². The highest BCUT2D eigenvalue weighted by Gasteiger charge is 2.31. The lowest BCUT2D eigenvalue weighted by Crippen LogP contribution is -2.38. The number of nitrogens with one attached hydrogen (secondary N) is 1. The maximum atomic E-state index is 12.5. The number of hydrogen-bond donors (Lipinski definition) is 1. The first-order chi connectivity index (χ1) is 8.46. The van der Waals surface area contributed by atoms with Gasteiger partial charge in [0, 0.05) is 19.1 Å². The van der Waals surface area contributed by atoms with Crippen LogP contribution in [0.2, 0.25) is 0 Å². The van der Waals surface area contributed by atoms with Gasteiger partial charge in [-0.25, -0.2) is 8.42 Å². The number of hydrogen-bond acceptors (Lipinski definition) is 4. The summed E-state index contributed by atoms with van der Waals surface area (Å²) in [4.78, 5) is 0.188. The average molecular weight is 265 g/mol. The molecule has 0 bridgehead atoms. The molecule has 0 aromatic heterocycles. The Kier molecular flexibility index (Phi) is 3.28. The van der Waals surface area contributed by atoms with E-state index in [4.69, 9.17) is 5.26 Å². The van der Waals surface area contributed by atoms with Gasteiger partial charge in [0.15, 0.2) is 0 Å². The summed E-state index contributed by atoms with van der Waals surface area (Å²) in [6, 6.07) is 6.56. The van der Waals surface area contributed by atoms with Crippen molar-refractivity contribution in [1.82, 2.24) is 4.31 Å². The van der Waals surface area contributed by atoms with E-state index >= 15 is 0 Å². The Morgan fingerprint density at radius 1 is 1.44 bits per heavy atom. The zero-order chi connectivity index (χ0) is 13.3. The molecule has 1 aliphatic heterocycles. The second-order valence-electron chi connectivity index (χ2n) is 4.46. The highest BCUT2D eigenvalue weighted by molar-refractivity contribution is 7.89. The van der Waals surface area contributed by atoms with Gasteiger partial charge in [-0.2, -0.15) is 9.57 Å². The van der Waals surface area contributed by atoms with Gasteiger partial charge in [-0.15, -0.1) is 0 Å². The summed E-state index contributed by atoms with van der Waals surface area (Å²) in [6.45, 7) is 4.68. The fourth-order valence-electron chi connectivity index (χ4n) is 2.03. The zero-order valence-electron chi connectivity index (χ0n) is 10.3. The average Bonchev–Trinajstić information content (AvgIpc) is 2.45. The van der Waals surface area contributed by atoms with E-state index in [-0.39, 0.29) is 10.9 Å². The van der Waals surface area contributed by atoms with Crippen molar-refractivity contribution in [2.24, 2.45) is 0 Å². The van der Waals surface area contributed by atoms with Gasteiger partial charge >= 0.3 is 0 Å². The van der Waals surface area contributed by atoms with E-state index in [2.05, 4.69) is 5.32 Å². The molecule has 0 atom stereocenters. The van der Waals surface area contributed by atoms with Gasteiger partial charge in [0.1, 0.15) is 4.90 Å². The molecular weight excluding hydrogens is 250 g/mol. The Balaban J connectivity index is 2.63. The van der Waals surface area contributed by atoms with Crippen LogP contribution in [-0.4, -0.2) is 31.9 Å². The van der Waals surface area contributed by atoms with Crippen molar-refractivity contribution in [2.75, 3.05) is 18.4 Å². The van der Waals surface area contributed by atoms with E-state index in [1.54, 1.807) is 12.1 Å². The Bertz CT molecular complexity index is 602. The lowest BCUT2D eigenvalue weighted by Gasteiger charge is -2.23. The van der Waals surface area contributed by atoms with Crippen LogP contribution in [0, 0.1) is 11.3 Å². The molecule has 0 saturated carbocycles. The lowest BCUT2D eigenvalue weighted by atomic mass is 10.2. The van der Waals surface area contributed by atoms with Crippen LogP contribution in [0.1, 0.15) is 19.4 Å². The Morgan fingerprint density at radius 2 is 2.17 bits per heavy atom. The molecule has 0 amide bonds. The van der Waals surface area contributed by atoms with Gasteiger partial charge in [0.2, 0.25) is 10.0 Å². The minimum absolute atomic E-state index is 0.103. The minimum atomic E-state index is -3.53. The maximum Gasteiger partial charge on any atom is 0.245 e. The number of benzene rings is 1. The van der Waals surface area contributed by atoms with Crippen LogP contribution in [0.3, 0.4) is 0 Å². The van der Waals surface area contributed by atoms with Crippen LogP contribution in [0.5, 0.6) is 0 Å². The van der Waals surface area contributed by atoms with Crippen LogP contribution in [-0.2, 0) is 10.0 Å². The van der Waals surface area contributed by atoms with Crippen LogP contribution >= 0.6 is 0 Å². The Labute approximate surface area is 107 Å². The molecule has 18 heavy (non-hydrogen) atoms. The largest absolute Gasteiger partial charge is 0.383 e. The SMILES string of the molecule is CC(C)N1CCNc2ccc(C#N)cc2S1(=O)=O. The van der Waals surface area contributed by atoms with Crippen molar-refractivity contribution in [2.45, 2.75) is 24.8 Å². The molecule has 0 saturated heterocycles. The zero-order valence-corrected chi connectivity index (χ0v) is 11.2. The van der Waals surface area contributed by atoms with Crippen molar-refractivity contribution in [3.8, 4) is 6.07 Å². The monoisotopic (exact) mass is 265 g/mol. The number of nitrogens with zero attached hydrogens (tertiary/aromatic N) is 2. The summed E-state index contributed by atoms with van der Waals surface area (Å²) in [7, 11) is -3.53. The van der Waals surface area contributed by atoms with Crippen LogP contribution in [0.4, 0.5) is 5.69 Å². The van der Waals surface area contributed by atoms with E-state index in [0.29, 0.717) is 24.3 Å². The molecule has 0 fully saturated rings. The summed E-state index contributed by atoms with van der Waals surface area (Å²) in [5, 5.41) is 12.0. The molecule has 1 heterocycles. The smallest absolute Gasteiger partial charge is 0.245 e. The molecule has 6 heteroatoms. The molecular formula is C12H15N3O2S. The van der Waals surface area contributed by atoms with Gasteiger partial charge < -0.3 is 5.32 Å². The molecule has 0 unspecified atom stereocenters. The van der Waals surface area contributed by atoms with Crippen LogP contribution in [0.25, 0.3) is 0 Å². The third kappa shape index (κ3) is 2.07. The summed E-state index contributed by atoms with van der Waals surface area (Å²) in [6.07, 6.45) is 0. The fraction of sp³-hybridized carbons (Fsp3) is 0.417. The maximum absolute atomic E-state index is 12.5. The van der Waals surface area contributed by atoms with Gasteiger partial charge in [-0.3, -0.25) is 0 Å². The third-order valence-electron chi connectivity index (χ3n) is 2.92. The molecule has 2 rings (SSSR count). The second-order valence-corrected chi connectivity index (χ2v) is 6.32. The Hall–Kier alpha value is -1.58. The Morgan fingerprint density at radius 3 is 2.78 bits per heavy atom. The van der Waals surface area contributed by atoms with Crippen LogP contribution < -0.4 is 5.32 Å².